The van der Waals surface area contributed by atoms with Crippen LogP contribution in [0.3, 0.4) is 0 Å². The largest absolute Gasteiger partial charge is 0.468 e. The van der Waals surface area contributed by atoms with Gasteiger partial charge in [-0.2, -0.15) is 0 Å². The van der Waals surface area contributed by atoms with Crippen molar-refractivity contribution in [3.8, 4) is 0 Å². The van der Waals surface area contributed by atoms with E-state index in [1.165, 1.54) is 13.5 Å². The van der Waals surface area contributed by atoms with Crippen molar-refractivity contribution in [2.45, 2.75) is 59.0 Å². The molecule has 3 atom stereocenters. The Kier molecular flexibility index (Phi) is 5.02. The first-order valence-corrected chi connectivity index (χ1v) is 7.19. The summed E-state index contributed by atoms with van der Waals surface area (Å²) in [6.45, 7) is 13.0. The highest BCUT2D eigenvalue weighted by Crippen LogP contribution is 2.35. The van der Waals surface area contributed by atoms with Crippen molar-refractivity contribution in [1.82, 2.24) is 4.90 Å². The lowest BCUT2D eigenvalue weighted by Crippen LogP contribution is -2.50. The van der Waals surface area contributed by atoms with Crippen molar-refractivity contribution in [2.75, 3.05) is 20.2 Å². The second-order valence-electron chi connectivity index (χ2n) is 7.31. The molecule has 4 heteroatoms. The number of nitrogens with zero attached hydrogens (tertiary/aromatic N) is 1. The lowest BCUT2D eigenvalue weighted by molar-refractivity contribution is -0.147. The molecule has 0 aromatic carbocycles. The lowest BCUT2D eigenvalue weighted by atomic mass is 9.80. The van der Waals surface area contributed by atoms with E-state index in [9.17, 15) is 4.79 Å². The number of carbonyl (C=O) groups excluding carboxylic acids is 1. The van der Waals surface area contributed by atoms with Gasteiger partial charge in [-0.1, -0.05) is 20.8 Å². The molecule has 1 aliphatic rings. The number of rotatable bonds is 4. The summed E-state index contributed by atoms with van der Waals surface area (Å²) in [5, 5.41) is 0. The van der Waals surface area contributed by atoms with Gasteiger partial charge in [-0.15, -0.1) is 0 Å². The Morgan fingerprint density at radius 3 is 2.42 bits per heavy atom. The van der Waals surface area contributed by atoms with Crippen LogP contribution in [-0.2, 0) is 9.53 Å². The number of likely N-dealkylation sites (tertiary alicyclic amines) is 1. The molecule has 1 aliphatic heterocycles. The van der Waals surface area contributed by atoms with E-state index in [-0.39, 0.29) is 5.97 Å². The smallest absolute Gasteiger partial charge is 0.325 e. The van der Waals surface area contributed by atoms with E-state index in [0.717, 1.165) is 19.0 Å². The molecule has 1 rings (SSSR count). The predicted molar refractivity (Wildman–Crippen MR) is 77.8 cm³/mol. The van der Waals surface area contributed by atoms with Crippen LogP contribution >= 0.6 is 0 Å². The summed E-state index contributed by atoms with van der Waals surface area (Å²) < 4.78 is 4.77. The van der Waals surface area contributed by atoms with Crippen molar-refractivity contribution >= 4 is 5.97 Å². The van der Waals surface area contributed by atoms with Crippen LogP contribution in [0.2, 0.25) is 0 Å². The van der Waals surface area contributed by atoms with Gasteiger partial charge >= 0.3 is 5.97 Å². The van der Waals surface area contributed by atoms with E-state index in [2.05, 4.69) is 32.6 Å². The third kappa shape index (κ3) is 4.18. The first kappa shape index (κ1) is 16.4. The molecule has 0 spiro atoms. The fourth-order valence-electron chi connectivity index (χ4n) is 2.95. The maximum Gasteiger partial charge on any atom is 0.325 e. The summed E-state index contributed by atoms with van der Waals surface area (Å²) in [5.74, 6) is 0.392. The van der Waals surface area contributed by atoms with Crippen LogP contribution in [0.4, 0.5) is 0 Å². The Morgan fingerprint density at radius 2 is 2.00 bits per heavy atom. The third-order valence-corrected chi connectivity index (χ3v) is 4.44. The zero-order valence-corrected chi connectivity index (χ0v) is 13.3. The molecule has 0 aliphatic carbocycles. The minimum Gasteiger partial charge on any atom is -0.468 e. The molecule has 0 radical (unpaired) electrons. The van der Waals surface area contributed by atoms with Crippen LogP contribution < -0.4 is 5.73 Å². The van der Waals surface area contributed by atoms with Crippen LogP contribution in [0, 0.1) is 11.3 Å². The van der Waals surface area contributed by atoms with Crippen molar-refractivity contribution in [2.24, 2.45) is 17.1 Å². The maximum atomic E-state index is 11.6. The Morgan fingerprint density at radius 1 is 1.42 bits per heavy atom. The Labute approximate surface area is 117 Å². The SMILES string of the molecule is COC(=O)C(C)(N)CC(C)N1CCC(C(C)(C)C)C1. The summed E-state index contributed by atoms with van der Waals surface area (Å²) >= 11 is 0. The molecule has 0 aromatic heterocycles. The molecule has 4 nitrogen and oxygen atoms in total. The highest BCUT2D eigenvalue weighted by Gasteiger charge is 2.37. The summed E-state index contributed by atoms with van der Waals surface area (Å²) in [4.78, 5) is 14.1. The normalized spacial score (nSPS) is 25.9. The first-order valence-electron chi connectivity index (χ1n) is 7.19. The topological polar surface area (TPSA) is 55.6 Å². The van der Waals surface area contributed by atoms with Crippen LogP contribution in [0.15, 0.2) is 0 Å². The molecule has 0 amide bonds. The van der Waals surface area contributed by atoms with Gasteiger partial charge in [-0.25, -0.2) is 0 Å². The second kappa shape index (κ2) is 5.80. The molecular formula is C15H30N2O2. The van der Waals surface area contributed by atoms with Gasteiger partial charge in [0, 0.05) is 12.6 Å². The van der Waals surface area contributed by atoms with Gasteiger partial charge in [-0.3, -0.25) is 4.79 Å². The van der Waals surface area contributed by atoms with Crippen molar-refractivity contribution in [3.63, 3.8) is 0 Å². The molecule has 1 fully saturated rings. The molecule has 1 heterocycles. The summed E-state index contributed by atoms with van der Waals surface area (Å²) in [6, 6.07) is 0.307. The minimum atomic E-state index is -0.895. The van der Waals surface area contributed by atoms with E-state index < -0.39 is 5.54 Å². The highest BCUT2D eigenvalue weighted by molar-refractivity contribution is 5.79. The van der Waals surface area contributed by atoms with Gasteiger partial charge in [-0.05, 0) is 44.6 Å². The van der Waals surface area contributed by atoms with Crippen LogP contribution in [0.1, 0.15) is 47.5 Å². The van der Waals surface area contributed by atoms with Crippen molar-refractivity contribution in [1.29, 1.82) is 0 Å². The van der Waals surface area contributed by atoms with E-state index in [0.29, 0.717) is 17.9 Å². The average Bonchev–Trinajstić information content (AvgIpc) is 2.76. The van der Waals surface area contributed by atoms with Crippen LogP contribution in [0.5, 0.6) is 0 Å². The summed E-state index contributed by atoms with van der Waals surface area (Å²) in [6.07, 6.45) is 1.86. The first-order chi connectivity index (χ1) is 8.58. The van der Waals surface area contributed by atoms with Crippen molar-refractivity contribution < 1.29 is 9.53 Å². The van der Waals surface area contributed by atoms with E-state index in [1.54, 1.807) is 6.92 Å². The van der Waals surface area contributed by atoms with E-state index >= 15 is 0 Å². The number of hydrogen-bond donors (Lipinski definition) is 1. The van der Waals surface area contributed by atoms with Crippen LogP contribution in [0.25, 0.3) is 0 Å². The summed E-state index contributed by atoms with van der Waals surface area (Å²) in [7, 11) is 1.39. The van der Waals surface area contributed by atoms with Gasteiger partial charge in [0.15, 0.2) is 0 Å². The maximum absolute atomic E-state index is 11.6. The monoisotopic (exact) mass is 270 g/mol. The minimum absolute atomic E-state index is 0.307. The number of esters is 1. The molecule has 0 aromatic rings. The molecule has 1 saturated heterocycles. The quantitative estimate of drug-likeness (QED) is 0.794. The fraction of sp³-hybridized carbons (Fsp3) is 0.933. The summed E-state index contributed by atoms with van der Waals surface area (Å²) in [5.41, 5.74) is 5.51. The Hall–Kier alpha value is -0.610. The van der Waals surface area contributed by atoms with Gasteiger partial charge in [0.2, 0.25) is 0 Å². The molecule has 0 saturated carbocycles. The predicted octanol–water partition coefficient (Wildman–Crippen LogP) is 2.02. The second-order valence-corrected chi connectivity index (χ2v) is 7.31. The zero-order chi connectivity index (χ0) is 14.8. The fourth-order valence-corrected chi connectivity index (χ4v) is 2.95. The molecular weight excluding hydrogens is 240 g/mol. The Balaban J connectivity index is 2.57. The highest BCUT2D eigenvalue weighted by atomic mass is 16.5. The van der Waals surface area contributed by atoms with Crippen molar-refractivity contribution in [3.05, 3.63) is 0 Å². The van der Waals surface area contributed by atoms with Gasteiger partial charge in [0.25, 0.3) is 0 Å². The number of methoxy groups -OCH3 is 1. The molecule has 3 unspecified atom stereocenters. The number of ether oxygens (including phenoxy) is 1. The zero-order valence-electron chi connectivity index (χ0n) is 13.3. The molecule has 19 heavy (non-hydrogen) atoms. The number of nitrogens with two attached hydrogens (primary N) is 1. The lowest BCUT2D eigenvalue weighted by Gasteiger charge is -2.32. The van der Waals surface area contributed by atoms with E-state index in [1.807, 2.05) is 0 Å². The van der Waals surface area contributed by atoms with Crippen LogP contribution in [-0.4, -0.2) is 42.6 Å². The molecule has 2 N–H and O–H groups in total. The molecule has 0 bridgehead atoms. The van der Waals surface area contributed by atoms with E-state index in [4.69, 9.17) is 10.5 Å². The van der Waals surface area contributed by atoms with Gasteiger partial charge < -0.3 is 15.4 Å². The number of hydrogen-bond acceptors (Lipinski definition) is 4. The number of carbonyl (C=O) groups is 1. The average molecular weight is 270 g/mol. The Bertz CT molecular complexity index is 321. The van der Waals surface area contributed by atoms with Gasteiger partial charge in [0.1, 0.15) is 5.54 Å². The van der Waals surface area contributed by atoms with Gasteiger partial charge in [0.05, 0.1) is 7.11 Å². The third-order valence-electron chi connectivity index (χ3n) is 4.44. The molecule has 112 valence electrons. The standard InChI is InChI=1S/C15H30N2O2/c1-11(9-15(5,16)13(18)19-6)17-8-7-12(10-17)14(2,3)4/h11-12H,7-10,16H2,1-6H3.